The zero-order valence-corrected chi connectivity index (χ0v) is 18.9. The molecule has 0 spiro atoms. The van der Waals surface area contributed by atoms with E-state index < -0.39 is 6.10 Å². The number of nitrogens with one attached hydrogen (secondary N) is 2. The molecule has 1 aliphatic carbocycles. The highest BCUT2D eigenvalue weighted by atomic mass is 127. The van der Waals surface area contributed by atoms with Crippen molar-refractivity contribution >= 4 is 29.9 Å². The summed E-state index contributed by atoms with van der Waals surface area (Å²) in [5.41, 5.74) is 0. The van der Waals surface area contributed by atoms with Crippen molar-refractivity contribution in [3.05, 3.63) is 0 Å². The van der Waals surface area contributed by atoms with Crippen LogP contribution in [0.5, 0.6) is 0 Å². The van der Waals surface area contributed by atoms with Crippen LogP contribution in [0.1, 0.15) is 46.0 Å². The van der Waals surface area contributed by atoms with Gasteiger partial charge in [-0.2, -0.15) is 0 Å². The molecule has 0 aromatic rings. The van der Waals surface area contributed by atoms with Crippen LogP contribution in [0.25, 0.3) is 0 Å². The zero-order chi connectivity index (χ0) is 17.9. The molecular formula is C19H39IN4O2. The minimum Gasteiger partial charge on any atom is -0.389 e. The van der Waals surface area contributed by atoms with Gasteiger partial charge in [-0.1, -0.05) is 6.92 Å². The van der Waals surface area contributed by atoms with Crippen molar-refractivity contribution in [2.45, 2.75) is 52.1 Å². The summed E-state index contributed by atoms with van der Waals surface area (Å²) in [5.74, 6) is 2.41. The molecule has 2 fully saturated rings. The number of likely N-dealkylation sites (tertiary alicyclic amines) is 1. The van der Waals surface area contributed by atoms with E-state index in [2.05, 4.69) is 34.4 Å². The molecule has 0 bridgehead atoms. The number of guanidine groups is 1. The maximum absolute atomic E-state index is 9.97. The van der Waals surface area contributed by atoms with Crippen molar-refractivity contribution in [1.29, 1.82) is 0 Å². The highest BCUT2D eigenvalue weighted by molar-refractivity contribution is 14.0. The van der Waals surface area contributed by atoms with Crippen LogP contribution in [-0.4, -0.2) is 74.6 Å². The fraction of sp³-hybridized carbons (Fsp3) is 0.947. The van der Waals surface area contributed by atoms with Crippen molar-refractivity contribution in [3.8, 4) is 0 Å². The summed E-state index contributed by atoms with van der Waals surface area (Å²) in [4.78, 5) is 7.03. The van der Waals surface area contributed by atoms with Crippen molar-refractivity contribution in [2.24, 2.45) is 16.8 Å². The van der Waals surface area contributed by atoms with Crippen molar-refractivity contribution < 1.29 is 9.84 Å². The summed E-state index contributed by atoms with van der Waals surface area (Å²) >= 11 is 0. The van der Waals surface area contributed by atoms with Gasteiger partial charge in [-0.3, -0.25) is 4.99 Å². The number of piperidine rings is 1. The first-order valence-corrected chi connectivity index (χ1v) is 10.2. The molecule has 1 saturated carbocycles. The molecule has 0 aromatic carbocycles. The molecular weight excluding hydrogens is 443 g/mol. The fourth-order valence-corrected chi connectivity index (χ4v) is 3.04. The van der Waals surface area contributed by atoms with Crippen LogP contribution < -0.4 is 10.6 Å². The van der Waals surface area contributed by atoms with Gasteiger partial charge in [-0.25, -0.2) is 0 Å². The SMILES string of the molecule is CCNC(=NCC(O)COCC1CC1)NCCCN1CCC(C)CC1.I. The highest BCUT2D eigenvalue weighted by Gasteiger charge is 2.21. The van der Waals surface area contributed by atoms with Gasteiger partial charge < -0.3 is 25.4 Å². The molecule has 6 nitrogen and oxygen atoms in total. The molecule has 0 aromatic heterocycles. The molecule has 1 saturated heterocycles. The van der Waals surface area contributed by atoms with Gasteiger partial charge in [0.25, 0.3) is 0 Å². The Hall–Kier alpha value is -0.120. The van der Waals surface area contributed by atoms with Crippen LogP contribution in [0.3, 0.4) is 0 Å². The summed E-state index contributed by atoms with van der Waals surface area (Å²) in [7, 11) is 0. The Labute approximate surface area is 176 Å². The van der Waals surface area contributed by atoms with Gasteiger partial charge in [0.2, 0.25) is 0 Å². The van der Waals surface area contributed by atoms with Gasteiger partial charge in [0.1, 0.15) is 0 Å². The van der Waals surface area contributed by atoms with Crippen molar-refractivity contribution in [3.63, 3.8) is 0 Å². The lowest BCUT2D eigenvalue weighted by atomic mass is 9.99. The van der Waals surface area contributed by atoms with Gasteiger partial charge in [0, 0.05) is 19.7 Å². The normalized spacial score (nSPS) is 20.5. The van der Waals surface area contributed by atoms with Crippen LogP contribution in [0, 0.1) is 11.8 Å². The first-order chi connectivity index (χ1) is 12.2. The molecule has 3 N–H and O–H groups in total. The van der Waals surface area contributed by atoms with Crippen LogP contribution in [-0.2, 0) is 4.74 Å². The van der Waals surface area contributed by atoms with Crippen molar-refractivity contribution in [2.75, 3.05) is 52.5 Å². The van der Waals surface area contributed by atoms with Crippen molar-refractivity contribution in [1.82, 2.24) is 15.5 Å². The minimum atomic E-state index is -0.524. The summed E-state index contributed by atoms with van der Waals surface area (Å²) in [5, 5.41) is 16.6. The van der Waals surface area contributed by atoms with E-state index in [4.69, 9.17) is 4.74 Å². The smallest absolute Gasteiger partial charge is 0.191 e. The minimum absolute atomic E-state index is 0. The zero-order valence-electron chi connectivity index (χ0n) is 16.6. The molecule has 2 rings (SSSR count). The van der Waals surface area contributed by atoms with E-state index >= 15 is 0 Å². The predicted octanol–water partition coefficient (Wildman–Crippen LogP) is 2.07. The van der Waals surface area contributed by atoms with E-state index in [0.717, 1.165) is 50.5 Å². The Morgan fingerprint density at radius 2 is 1.96 bits per heavy atom. The summed E-state index contributed by atoms with van der Waals surface area (Å²) in [6.45, 7) is 11.3. The molecule has 2 aliphatic rings. The molecule has 0 amide bonds. The number of halogens is 1. The molecule has 0 radical (unpaired) electrons. The lowest BCUT2D eigenvalue weighted by Crippen LogP contribution is -2.40. The van der Waals surface area contributed by atoms with Gasteiger partial charge >= 0.3 is 0 Å². The van der Waals surface area contributed by atoms with E-state index in [9.17, 15) is 5.11 Å². The quantitative estimate of drug-likeness (QED) is 0.182. The van der Waals surface area contributed by atoms with E-state index in [-0.39, 0.29) is 24.0 Å². The maximum atomic E-state index is 9.97. The Morgan fingerprint density at radius 3 is 2.62 bits per heavy atom. The Morgan fingerprint density at radius 1 is 1.23 bits per heavy atom. The Bertz CT molecular complexity index is 386. The lowest BCUT2D eigenvalue weighted by molar-refractivity contribution is 0.0368. The fourth-order valence-electron chi connectivity index (χ4n) is 3.04. The average molecular weight is 482 g/mol. The third-order valence-corrected chi connectivity index (χ3v) is 4.98. The maximum Gasteiger partial charge on any atom is 0.191 e. The standard InChI is InChI=1S/C19H38N4O2.HI/c1-3-20-19(22-13-18(24)15-25-14-17-5-6-17)21-9-4-10-23-11-7-16(2)8-12-23;/h16-18,24H,3-15H2,1-2H3,(H2,20,21,22);1H. The number of aliphatic imine (C=N–C) groups is 1. The third kappa shape index (κ3) is 10.9. The second-order valence-electron chi connectivity index (χ2n) is 7.66. The first-order valence-electron chi connectivity index (χ1n) is 10.2. The summed E-state index contributed by atoms with van der Waals surface area (Å²) in [6, 6.07) is 0. The van der Waals surface area contributed by atoms with E-state index in [0.29, 0.717) is 13.2 Å². The second kappa shape index (κ2) is 14.0. The second-order valence-corrected chi connectivity index (χ2v) is 7.66. The number of nitrogens with zero attached hydrogens (tertiary/aromatic N) is 2. The molecule has 7 heteroatoms. The molecule has 1 atom stereocenters. The Kier molecular flexibility index (Phi) is 12.8. The number of hydrogen-bond acceptors (Lipinski definition) is 4. The van der Waals surface area contributed by atoms with Crippen LogP contribution in [0.4, 0.5) is 0 Å². The van der Waals surface area contributed by atoms with E-state index in [1.165, 1.54) is 38.8 Å². The summed E-state index contributed by atoms with van der Waals surface area (Å²) < 4.78 is 5.52. The highest BCUT2D eigenvalue weighted by Crippen LogP contribution is 2.28. The van der Waals surface area contributed by atoms with Gasteiger partial charge in [0.05, 0.1) is 19.3 Å². The topological polar surface area (TPSA) is 69.1 Å². The number of aliphatic hydroxyl groups excluding tert-OH is 1. The first kappa shape index (κ1) is 23.9. The average Bonchev–Trinajstić information content (AvgIpc) is 3.42. The molecule has 1 heterocycles. The molecule has 154 valence electrons. The molecule has 26 heavy (non-hydrogen) atoms. The number of hydrogen-bond donors (Lipinski definition) is 3. The predicted molar refractivity (Wildman–Crippen MR) is 118 cm³/mol. The van der Waals surface area contributed by atoms with Gasteiger partial charge in [0.15, 0.2) is 5.96 Å². The lowest BCUT2D eigenvalue weighted by Gasteiger charge is -2.30. The van der Waals surface area contributed by atoms with Crippen LogP contribution >= 0.6 is 24.0 Å². The Balaban J connectivity index is 0.00000338. The van der Waals surface area contributed by atoms with E-state index in [1.54, 1.807) is 0 Å². The molecule has 1 unspecified atom stereocenters. The summed E-state index contributed by atoms with van der Waals surface area (Å²) in [6.07, 6.45) is 5.81. The van der Waals surface area contributed by atoms with E-state index in [1.807, 2.05) is 0 Å². The number of aliphatic hydroxyl groups is 1. The largest absolute Gasteiger partial charge is 0.389 e. The molecule has 1 aliphatic heterocycles. The number of ether oxygens (including phenoxy) is 1. The van der Waals surface area contributed by atoms with Gasteiger partial charge in [-0.15, -0.1) is 24.0 Å². The van der Waals surface area contributed by atoms with Crippen LogP contribution in [0.2, 0.25) is 0 Å². The monoisotopic (exact) mass is 482 g/mol. The number of rotatable bonds is 11. The van der Waals surface area contributed by atoms with Gasteiger partial charge in [-0.05, 0) is 70.5 Å². The van der Waals surface area contributed by atoms with Crippen LogP contribution in [0.15, 0.2) is 4.99 Å². The third-order valence-electron chi connectivity index (χ3n) is 4.98.